The second-order valence-corrected chi connectivity index (χ2v) is 7.20. The van der Waals surface area contributed by atoms with Gasteiger partial charge in [-0.2, -0.15) is 0 Å². The van der Waals surface area contributed by atoms with Crippen molar-refractivity contribution in [3.05, 3.63) is 16.9 Å². The summed E-state index contributed by atoms with van der Waals surface area (Å²) in [6.45, 7) is 7.09. The van der Waals surface area contributed by atoms with Gasteiger partial charge in [0.2, 0.25) is 0 Å². The summed E-state index contributed by atoms with van der Waals surface area (Å²) < 4.78 is 11.1. The molecule has 144 valence electrons. The van der Waals surface area contributed by atoms with Crippen molar-refractivity contribution in [1.29, 1.82) is 0 Å². The average Bonchev–Trinajstić information content (AvgIpc) is 2.58. The van der Waals surface area contributed by atoms with E-state index in [2.05, 4.69) is 20.8 Å². The van der Waals surface area contributed by atoms with E-state index in [4.69, 9.17) is 21.1 Å². The number of anilines is 1. The lowest BCUT2D eigenvalue weighted by Crippen LogP contribution is -2.49. The third kappa shape index (κ3) is 5.70. The first-order chi connectivity index (χ1) is 12.2. The summed E-state index contributed by atoms with van der Waals surface area (Å²) in [4.78, 5) is 25.7. The maximum atomic E-state index is 12.2. The summed E-state index contributed by atoms with van der Waals surface area (Å²) in [6, 6.07) is 1.52. The van der Waals surface area contributed by atoms with Crippen molar-refractivity contribution >= 4 is 29.3 Å². The van der Waals surface area contributed by atoms with E-state index in [9.17, 15) is 9.59 Å². The van der Waals surface area contributed by atoms with Crippen molar-refractivity contribution in [2.45, 2.75) is 32.5 Å². The molecule has 2 heterocycles. The Morgan fingerprint density at radius 1 is 1.42 bits per heavy atom. The number of ether oxygens (including phenoxy) is 2. The Bertz CT molecular complexity index is 665. The van der Waals surface area contributed by atoms with Crippen molar-refractivity contribution in [2.24, 2.45) is 0 Å². The van der Waals surface area contributed by atoms with Crippen LogP contribution in [-0.4, -0.2) is 72.1 Å². The fourth-order valence-electron chi connectivity index (χ4n) is 2.35. The third-order valence-corrected chi connectivity index (χ3v) is 3.70. The minimum atomic E-state index is -0.551. The maximum absolute atomic E-state index is 12.2. The summed E-state index contributed by atoms with van der Waals surface area (Å²) in [6.07, 6.45) is -0.633. The third-order valence-electron chi connectivity index (χ3n) is 3.52. The molecule has 2 N–H and O–H groups in total. The Morgan fingerprint density at radius 2 is 2.15 bits per heavy atom. The molecule has 0 radical (unpaired) electrons. The van der Waals surface area contributed by atoms with Crippen molar-refractivity contribution in [3.8, 4) is 0 Å². The van der Waals surface area contributed by atoms with Crippen LogP contribution in [0, 0.1) is 0 Å². The molecule has 0 aromatic carbocycles. The van der Waals surface area contributed by atoms with Crippen LogP contribution in [0.3, 0.4) is 0 Å². The first-order valence-corrected chi connectivity index (χ1v) is 8.66. The van der Waals surface area contributed by atoms with E-state index >= 15 is 0 Å². The van der Waals surface area contributed by atoms with Crippen LogP contribution in [0.15, 0.2) is 6.07 Å². The minimum absolute atomic E-state index is 0.136. The molecule has 26 heavy (non-hydrogen) atoms. The number of nitrogens with zero attached hydrogens (tertiary/aromatic N) is 3. The minimum Gasteiger partial charge on any atom is -0.444 e. The van der Waals surface area contributed by atoms with Gasteiger partial charge in [0.05, 0.1) is 24.9 Å². The molecule has 2 amide bonds. The second-order valence-electron chi connectivity index (χ2n) is 6.81. The molecule has 1 aliphatic heterocycles. The molecule has 9 nitrogen and oxygen atoms in total. The van der Waals surface area contributed by atoms with Crippen molar-refractivity contribution in [2.75, 3.05) is 38.6 Å². The molecule has 1 aromatic rings. The van der Waals surface area contributed by atoms with Crippen molar-refractivity contribution in [3.63, 3.8) is 0 Å². The number of morpholine rings is 1. The molecule has 1 aliphatic rings. The van der Waals surface area contributed by atoms with Crippen LogP contribution in [0.5, 0.6) is 0 Å². The first-order valence-electron chi connectivity index (χ1n) is 8.28. The van der Waals surface area contributed by atoms with Crippen LogP contribution in [0.1, 0.15) is 31.3 Å². The van der Waals surface area contributed by atoms with Gasteiger partial charge in [0.1, 0.15) is 5.60 Å². The lowest BCUT2D eigenvalue weighted by atomic mass is 10.2. The van der Waals surface area contributed by atoms with Crippen molar-refractivity contribution in [1.82, 2.24) is 20.4 Å². The lowest BCUT2D eigenvalue weighted by Gasteiger charge is -2.34. The van der Waals surface area contributed by atoms with Gasteiger partial charge in [0, 0.05) is 26.2 Å². The van der Waals surface area contributed by atoms with Gasteiger partial charge in [-0.25, -0.2) is 4.79 Å². The van der Waals surface area contributed by atoms with Crippen LogP contribution < -0.4 is 10.6 Å². The normalized spacial score (nSPS) is 17.6. The molecule has 1 aromatic heterocycles. The van der Waals surface area contributed by atoms with Crippen LogP contribution in [0.2, 0.25) is 5.15 Å². The number of halogens is 1. The highest BCUT2D eigenvalue weighted by Crippen LogP contribution is 2.18. The number of aromatic nitrogens is 2. The summed E-state index contributed by atoms with van der Waals surface area (Å²) >= 11 is 5.87. The summed E-state index contributed by atoms with van der Waals surface area (Å²) in [5.74, 6) is -0.378. The van der Waals surface area contributed by atoms with Gasteiger partial charge in [-0.15, -0.1) is 10.2 Å². The molecule has 1 atom stereocenters. The Balaban J connectivity index is 1.98. The van der Waals surface area contributed by atoms with Gasteiger partial charge >= 0.3 is 6.09 Å². The molecule has 0 aliphatic carbocycles. The average molecular weight is 386 g/mol. The summed E-state index contributed by atoms with van der Waals surface area (Å²) in [7, 11) is 1.51. The number of nitrogens with one attached hydrogen (secondary N) is 2. The van der Waals surface area contributed by atoms with Gasteiger partial charge < -0.3 is 25.0 Å². The molecule has 1 saturated heterocycles. The molecule has 0 spiro atoms. The highest BCUT2D eigenvalue weighted by atomic mass is 35.5. The van der Waals surface area contributed by atoms with Gasteiger partial charge in [-0.05, 0) is 20.8 Å². The monoisotopic (exact) mass is 385 g/mol. The molecule has 0 saturated carbocycles. The number of hydrogen-bond acceptors (Lipinski definition) is 7. The van der Waals surface area contributed by atoms with Gasteiger partial charge in [0.25, 0.3) is 5.91 Å². The Morgan fingerprint density at radius 3 is 2.81 bits per heavy atom. The second kappa shape index (κ2) is 8.50. The van der Waals surface area contributed by atoms with Crippen LogP contribution in [0.25, 0.3) is 0 Å². The number of carbonyl (C=O) groups is 2. The van der Waals surface area contributed by atoms with Crippen molar-refractivity contribution < 1.29 is 19.1 Å². The molecular formula is C16H24ClN5O4. The zero-order valence-electron chi connectivity index (χ0n) is 15.3. The Hall–Kier alpha value is -2.13. The van der Waals surface area contributed by atoms with Crippen LogP contribution >= 0.6 is 11.6 Å². The zero-order valence-corrected chi connectivity index (χ0v) is 16.1. The van der Waals surface area contributed by atoms with E-state index in [-0.39, 0.29) is 29.0 Å². The highest BCUT2D eigenvalue weighted by molar-refractivity contribution is 6.29. The topological polar surface area (TPSA) is 106 Å². The SMILES string of the molecule is CNC(=O)c1nnc(Cl)cc1NCC1CN(C(=O)OC(C)(C)C)CCO1. The van der Waals surface area contributed by atoms with E-state index in [1.165, 1.54) is 13.1 Å². The summed E-state index contributed by atoms with van der Waals surface area (Å²) in [5.41, 5.74) is 0.0319. The van der Waals surface area contributed by atoms with Crippen LogP contribution in [0.4, 0.5) is 10.5 Å². The predicted molar refractivity (Wildman–Crippen MR) is 96.5 cm³/mol. The molecule has 1 unspecified atom stereocenters. The fraction of sp³-hybridized carbons (Fsp3) is 0.625. The largest absolute Gasteiger partial charge is 0.444 e. The van der Waals surface area contributed by atoms with E-state index in [0.29, 0.717) is 31.9 Å². The standard InChI is InChI=1S/C16H24ClN5O4/c1-16(2,3)26-15(24)22-5-6-25-10(9-22)8-19-11-7-12(17)20-21-13(11)14(23)18-4/h7,10H,5-6,8-9H2,1-4H3,(H,18,23)(H,19,20). The van der Waals surface area contributed by atoms with Gasteiger partial charge in [-0.1, -0.05) is 11.6 Å². The molecular weight excluding hydrogens is 362 g/mol. The molecule has 1 fully saturated rings. The van der Waals surface area contributed by atoms with Gasteiger partial charge in [0.15, 0.2) is 10.8 Å². The Kier molecular flexibility index (Phi) is 6.60. The number of rotatable bonds is 4. The molecule has 2 rings (SSSR count). The highest BCUT2D eigenvalue weighted by Gasteiger charge is 2.28. The van der Waals surface area contributed by atoms with E-state index in [1.54, 1.807) is 4.90 Å². The molecule has 10 heteroatoms. The fourth-order valence-corrected chi connectivity index (χ4v) is 2.49. The predicted octanol–water partition coefficient (Wildman–Crippen LogP) is 1.54. The smallest absolute Gasteiger partial charge is 0.410 e. The van der Waals surface area contributed by atoms with E-state index in [1.807, 2.05) is 20.8 Å². The summed E-state index contributed by atoms with van der Waals surface area (Å²) in [5, 5.41) is 13.3. The van der Waals surface area contributed by atoms with E-state index < -0.39 is 5.60 Å². The first kappa shape index (κ1) is 20.2. The van der Waals surface area contributed by atoms with E-state index in [0.717, 1.165) is 0 Å². The van der Waals surface area contributed by atoms with Crippen LogP contribution in [-0.2, 0) is 9.47 Å². The number of amides is 2. The molecule has 0 bridgehead atoms. The quantitative estimate of drug-likeness (QED) is 0.809. The maximum Gasteiger partial charge on any atom is 0.410 e. The number of carbonyl (C=O) groups excluding carboxylic acids is 2. The zero-order chi connectivity index (χ0) is 19.3. The Labute approximate surface area is 157 Å². The van der Waals surface area contributed by atoms with Gasteiger partial charge in [-0.3, -0.25) is 4.79 Å². The number of hydrogen-bond donors (Lipinski definition) is 2. The lowest BCUT2D eigenvalue weighted by molar-refractivity contribution is -0.0371.